The highest BCUT2D eigenvalue weighted by Gasteiger charge is 2.25. The molecule has 4 N–H and O–H groups in total. The summed E-state index contributed by atoms with van der Waals surface area (Å²) in [6.45, 7) is 6.53. The zero-order chi connectivity index (χ0) is 26.5. The number of benzene rings is 2. The Kier molecular flexibility index (Phi) is 7.57. The molecule has 198 valence electrons. The predicted octanol–water partition coefficient (Wildman–Crippen LogP) is 4.34. The number of aromatic nitrogens is 4. The van der Waals surface area contributed by atoms with Gasteiger partial charge in [-0.15, -0.1) is 0 Å². The summed E-state index contributed by atoms with van der Waals surface area (Å²) in [5, 5.41) is 11.0. The van der Waals surface area contributed by atoms with E-state index in [2.05, 4.69) is 34.5 Å². The van der Waals surface area contributed by atoms with Crippen LogP contribution in [0.3, 0.4) is 0 Å². The van der Waals surface area contributed by atoms with Crippen LogP contribution in [0.1, 0.15) is 49.3 Å². The lowest BCUT2D eigenvalue weighted by molar-refractivity contribution is 0.134. The molecule has 1 amide bonds. The first-order valence-corrected chi connectivity index (χ1v) is 13.0. The summed E-state index contributed by atoms with van der Waals surface area (Å²) in [6, 6.07) is 17.5. The molecule has 10 heteroatoms. The van der Waals surface area contributed by atoms with Crippen LogP contribution in [0.4, 0.5) is 22.4 Å². The van der Waals surface area contributed by atoms with Gasteiger partial charge in [0, 0.05) is 36.9 Å². The number of rotatable bonds is 8. The van der Waals surface area contributed by atoms with E-state index in [1.165, 1.54) is 0 Å². The van der Waals surface area contributed by atoms with Gasteiger partial charge >= 0.3 is 6.09 Å². The van der Waals surface area contributed by atoms with Crippen LogP contribution in [-0.2, 0) is 17.9 Å². The van der Waals surface area contributed by atoms with E-state index in [0.717, 1.165) is 54.0 Å². The van der Waals surface area contributed by atoms with Crippen LogP contribution in [-0.4, -0.2) is 44.8 Å². The summed E-state index contributed by atoms with van der Waals surface area (Å²) >= 11 is 0. The fourth-order valence-corrected chi connectivity index (χ4v) is 4.59. The maximum Gasteiger partial charge on any atom is 0.407 e. The van der Waals surface area contributed by atoms with Gasteiger partial charge in [0.25, 0.3) is 0 Å². The molecule has 0 unspecified atom stereocenters. The molecule has 1 fully saturated rings. The lowest BCUT2D eigenvalue weighted by Gasteiger charge is -2.32. The maximum absolute atomic E-state index is 12.3. The molecule has 0 spiro atoms. The Morgan fingerprint density at radius 2 is 1.84 bits per heavy atom. The SMILES string of the molecule is CC(C)c1cnn2c(NCc3cccc(N)c3)nc(N3CCC(NC(=O)OCc4ccccc4)CC3)nc12. The van der Waals surface area contributed by atoms with Crippen LogP contribution in [0.5, 0.6) is 0 Å². The standard InChI is InChI=1S/C28H34N8O2/c1-19(2)24-17-31-36-25(24)33-27(34-26(36)30-16-21-9-6-10-22(29)15-21)35-13-11-23(12-14-35)32-28(37)38-18-20-7-4-3-5-8-20/h3-10,15,17,19,23H,11-14,16,18,29H2,1-2H3,(H,32,37)(H,30,33,34). The number of piperidine rings is 1. The van der Waals surface area contributed by atoms with Gasteiger partial charge in [0.1, 0.15) is 6.61 Å². The van der Waals surface area contributed by atoms with Crippen molar-refractivity contribution in [2.24, 2.45) is 0 Å². The summed E-state index contributed by atoms with van der Waals surface area (Å²) < 4.78 is 7.16. The molecule has 2 aromatic carbocycles. The maximum atomic E-state index is 12.3. The van der Waals surface area contributed by atoms with E-state index >= 15 is 0 Å². The van der Waals surface area contributed by atoms with Gasteiger partial charge in [0.05, 0.1) is 6.20 Å². The number of anilines is 3. The van der Waals surface area contributed by atoms with Gasteiger partial charge in [0.2, 0.25) is 11.9 Å². The van der Waals surface area contributed by atoms with Crippen molar-refractivity contribution in [1.82, 2.24) is 24.9 Å². The normalized spacial score (nSPS) is 14.1. The lowest BCUT2D eigenvalue weighted by Crippen LogP contribution is -2.45. The average molecular weight is 515 g/mol. The van der Waals surface area contributed by atoms with Gasteiger partial charge in [-0.05, 0) is 42.0 Å². The zero-order valence-corrected chi connectivity index (χ0v) is 21.8. The van der Waals surface area contributed by atoms with Gasteiger partial charge in [-0.3, -0.25) is 0 Å². The summed E-state index contributed by atoms with van der Waals surface area (Å²) in [4.78, 5) is 24.2. The zero-order valence-electron chi connectivity index (χ0n) is 21.8. The molecule has 0 bridgehead atoms. The van der Waals surface area contributed by atoms with Crippen LogP contribution >= 0.6 is 0 Å². The van der Waals surface area contributed by atoms with Crippen molar-refractivity contribution in [2.75, 3.05) is 29.0 Å². The highest BCUT2D eigenvalue weighted by molar-refractivity contribution is 5.67. The molecule has 0 aliphatic carbocycles. The molecule has 2 aromatic heterocycles. The fourth-order valence-electron chi connectivity index (χ4n) is 4.59. The van der Waals surface area contributed by atoms with Crippen molar-refractivity contribution >= 4 is 29.3 Å². The quantitative estimate of drug-likeness (QED) is 0.297. The third kappa shape index (κ3) is 5.96. The Balaban J connectivity index is 1.25. The van der Waals surface area contributed by atoms with E-state index in [0.29, 0.717) is 18.4 Å². The number of ether oxygens (including phenoxy) is 1. The van der Waals surface area contributed by atoms with Crippen molar-refractivity contribution < 1.29 is 9.53 Å². The van der Waals surface area contributed by atoms with E-state index in [-0.39, 0.29) is 24.7 Å². The molecule has 10 nitrogen and oxygen atoms in total. The molecule has 1 aliphatic rings. The highest BCUT2D eigenvalue weighted by Crippen LogP contribution is 2.25. The van der Waals surface area contributed by atoms with Crippen molar-refractivity contribution in [1.29, 1.82) is 0 Å². The number of fused-ring (bicyclic) bond motifs is 1. The van der Waals surface area contributed by atoms with Crippen molar-refractivity contribution in [2.45, 2.75) is 51.8 Å². The number of nitrogens with two attached hydrogens (primary N) is 1. The molecule has 3 heterocycles. The number of carbonyl (C=O) groups excluding carboxylic acids is 1. The minimum Gasteiger partial charge on any atom is -0.445 e. The van der Waals surface area contributed by atoms with Gasteiger partial charge < -0.3 is 26.0 Å². The molecular weight excluding hydrogens is 480 g/mol. The Morgan fingerprint density at radius 3 is 2.58 bits per heavy atom. The molecule has 38 heavy (non-hydrogen) atoms. The third-order valence-corrected chi connectivity index (χ3v) is 6.72. The molecule has 0 radical (unpaired) electrons. The van der Waals surface area contributed by atoms with E-state index in [4.69, 9.17) is 20.4 Å². The van der Waals surface area contributed by atoms with Crippen LogP contribution in [0.2, 0.25) is 0 Å². The number of carbonyl (C=O) groups is 1. The first-order chi connectivity index (χ1) is 18.5. The largest absolute Gasteiger partial charge is 0.445 e. The van der Waals surface area contributed by atoms with Crippen molar-refractivity contribution in [3.05, 3.63) is 77.5 Å². The lowest BCUT2D eigenvalue weighted by atomic mass is 10.1. The van der Waals surface area contributed by atoms with E-state index < -0.39 is 0 Å². The Bertz CT molecular complexity index is 1380. The van der Waals surface area contributed by atoms with Crippen LogP contribution < -0.4 is 21.3 Å². The topological polar surface area (TPSA) is 123 Å². The number of nitrogens with zero attached hydrogens (tertiary/aromatic N) is 5. The summed E-state index contributed by atoms with van der Waals surface area (Å²) in [7, 11) is 0. The van der Waals surface area contributed by atoms with Gasteiger partial charge in [0.15, 0.2) is 5.65 Å². The van der Waals surface area contributed by atoms with E-state index in [9.17, 15) is 4.79 Å². The number of hydrogen-bond donors (Lipinski definition) is 3. The van der Waals surface area contributed by atoms with Gasteiger partial charge in [-0.2, -0.15) is 19.6 Å². The third-order valence-electron chi connectivity index (χ3n) is 6.72. The Morgan fingerprint density at radius 1 is 1.08 bits per heavy atom. The highest BCUT2D eigenvalue weighted by atomic mass is 16.5. The van der Waals surface area contributed by atoms with E-state index in [1.54, 1.807) is 4.52 Å². The van der Waals surface area contributed by atoms with Gasteiger partial charge in [-0.25, -0.2) is 4.79 Å². The van der Waals surface area contributed by atoms with Crippen molar-refractivity contribution in [3.63, 3.8) is 0 Å². The number of alkyl carbamates (subject to hydrolysis) is 1. The average Bonchev–Trinajstić information content (AvgIpc) is 3.36. The van der Waals surface area contributed by atoms with Crippen LogP contribution in [0, 0.1) is 0 Å². The summed E-state index contributed by atoms with van der Waals surface area (Å²) in [5.74, 6) is 1.55. The minimum absolute atomic E-state index is 0.0422. The number of amides is 1. The first kappa shape index (κ1) is 25.3. The number of nitrogen functional groups attached to an aromatic ring is 1. The monoisotopic (exact) mass is 514 g/mol. The number of hydrogen-bond acceptors (Lipinski definition) is 8. The second-order valence-electron chi connectivity index (χ2n) is 9.90. The second-order valence-corrected chi connectivity index (χ2v) is 9.90. The Hall–Kier alpha value is -4.34. The van der Waals surface area contributed by atoms with E-state index in [1.807, 2.05) is 60.8 Å². The fraction of sp³-hybridized carbons (Fsp3) is 0.357. The van der Waals surface area contributed by atoms with Crippen molar-refractivity contribution in [3.8, 4) is 0 Å². The smallest absolute Gasteiger partial charge is 0.407 e. The van der Waals surface area contributed by atoms with Crippen LogP contribution in [0.25, 0.3) is 5.65 Å². The summed E-state index contributed by atoms with van der Waals surface area (Å²) in [5.41, 5.74) is 10.6. The Labute approximate surface area is 222 Å². The first-order valence-electron chi connectivity index (χ1n) is 13.0. The molecule has 5 rings (SSSR count). The van der Waals surface area contributed by atoms with Gasteiger partial charge in [-0.1, -0.05) is 56.3 Å². The molecule has 4 aromatic rings. The molecule has 1 aliphatic heterocycles. The molecule has 0 saturated carbocycles. The number of nitrogens with one attached hydrogen (secondary N) is 2. The second kappa shape index (κ2) is 11.4. The minimum atomic E-state index is -0.390. The summed E-state index contributed by atoms with van der Waals surface area (Å²) in [6.07, 6.45) is 3.02. The predicted molar refractivity (Wildman–Crippen MR) is 148 cm³/mol. The molecule has 0 atom stereocenters. The molecular formula is C28H34N8O2. The van der Waals surface area contributed by atoms with Crippen LogP contribution in [0.15, 0.2) is 60.8 Å². The molecule has 1 saturated heterocycles.